The summed E-state index contributed by atoms with van der Waals surface area (Å²) in [5.41, 5.74) is 7.49. The Morgan fingerprint density at radius 1 is 0.375 bits per heavy atom. The molecule has 0 aliphatic heterocycles. The minimum atomic E-state index is 0.537. The number of rotatable bonds is 11. The molecule has 64 heavy (non-hydrogen) atoms. The zero-order valence-electron chi connectivity index (χ0n) is 35.3. The molecule has 10 heteroatoms. The molecule has 0 saturated heterocycles. The molecule has 0 atom stereocenters. The van der Waals surface area contributed by atoms with Gasteiger partial charge in [-0.25, -0.2) is 19.3 Å². The van der Waals surface area contributed by atoms with E-state index in [9.17, 15) is 0 Å². The van der Waals surface area contributed by atoms with Crippen molar-refractivity contribution in [3.8, 4) is 90.8 Å². The van der Waals surface area contributed by atoms with E-state index < -0.39 is 0 Å². The van der Waals surface area contributed by atoms with Crippen molar-refractivity contribution in [3.63, 3.8) is 0 Å². The van der Waals surface area contributed by atoms with Crippen molar-refractivity contribution in [1.29, 1.82) is 0 Å². The molecule has 0 amide bonds. The molecule has 0 bridgehead atoms. The smallest absolute Gasteiger partial charge is 0.161 e. The van der Waals surface area contributed by atoms with Gasteiger partial charge < -0.3 is 18.9 Å². The van der Waals surface area contributed by atoms with Crippen molar-refractivity contribution in [1.82, 2.24) is 19.3 Å². The zero-order valence-corrected chi connectivity index (χ0v) is 36.9. The molecule has 0 radical (unpaired) electrons. The number of methoxy groups -OCH3 is 4. The maximum absolute atomic E-state index is 7.20. The monoisotopic (exact) mass is 878 g/mol. The quantitative estimate of drug-likeness (QED) is 0.129. The third-order valence-corrected chi connectivity index (χ3v) is 12.2. The molecule has 2 heterocycles. The molecule has 10 rings (SSSR count). The zero-order chi connectivity index (χ0) is 43.9. The van der Waals surface area contributed by atoms with Gasteiger partial charge in [0.2, 0.25) is 0 Å². The topological polar surface area (TPSA) is 72.6 Å². The Balaban J connectivity index is 1.48. The van der Waals surface area contributed by atoms with Crippen LogP contribution >= 0.6 is 23.2 Å². The number of hydrogen-bond donors (Lipinski definition) is 0. The molecule has 0 spiro atoms. The van der Waals surface area contributed by atoms with Crippen LogP contribution in [0, 0.1) is 0 Å². The molecule has 8 aromatic carbocycles. The molecular formula is C54H40Cl2N4O4. The van der Waals surface area contributed by atoms with Gasteiger partial charge in [-0.2, -0.15) is 0 Å². The first kappa shape index (κ1) is 40.5. The Kier molecular flexibility index (Phi) is 10.8. The summed E-state index contributed by atoms with van der Waals surface area (Å²) in [5, 5.41) is 5.19. The van der Waals surface area contributed by atoms with Gasteiger partial charge in [0.05, 0.1) is 49.9 Å². The molecule has 0 saturated carbocycles. The summed E-state index contributed by atoms with van der Waals surface area (Å²) in [5.74, 6) is 3.50. The van der Waals surface area contributed by atoms with Crippen LogP contribution in [0.25, 0.3) is 89.4 Å². The summed E-state index contributed by atoms with van der Waals surface area (Å²) >= 11 is 14.4. The molecule has 0 fully saturated rings. The van der Waals surface area contributed by atoms with Gasteiger partial charge in [0.1, 0.15) is 11.4 Å². The van der Waals surface area contributed by atoms with Gasteiger partial charge in [-0.05, 0) is 70.1 Å². The van der Waals surface area contributed by atoms with Crippen molar-refractivity contribution < 1.29 is 18.9 Å². The number of fused-ring (bicyclic) bond motifs is 2. The van der Waals surface area contributed by atoms with Gasteiger partial charge in [-0.3, -0.25) is 0 Å². The average molecular weight is 880 g/mol. The summed E-state index contributed by atoms with van der Waals surface area (Å²) in [6, 6.07) is 56.5. The molecule has 8 nitrogen and oxygen atoms in total. The SMILES string of the molecule is COc1ccc(-c2c(-c3ccccc3Cl)nc(-c3cccc4ccccc34)n2-n2c(-c3cccc4ccccc34)nc(-c3ccccc3Cl)c2-c2ccc(OC)c(OC)c2)cc1OC. The van der Waals surface area contributed by atoms with Gasteiger partial charge in [0, 0.05) is 33.4 Å². The number of halogens is 2. The normalized spacial score (nSPS) is 11.3. The highest BCUT2D eigenvalue weighted by molar-refractivity contribution is 6.34. The molecule has 0 aliphatic rings. The van der Waals surface area contributed by atoms with Crippen molar-refractivity contribution in [2.75, 3.05) is 28.4 Å². The van der Waals surface area contributed by atoms with Crippen LogP contribution in [0.1, 0.15) is 0 Å². The Morgan fingerprint density at radius 3 is 1.14 bits per heavy atom. The Labute approximate surface area is 380 Å². The highest BCUT2D eigenvalue weighted by Gasteiger charge is 2.32. The van der Waals surface area contributed by atoms with Gasteiger partial charge in [-0.1, -0.05) is 145 Å². The minimum Gasteiger partial charge on any atom is -0.493 e. The fraction of sp³-hybridized carbons (Fsp3) is 0.0741. The summed E-state index contributed by atoms with van der Waals surface area (Å²) in [4.78, 5) is 11.4. The second kappa shape index (κ2) is 17.0. The molecule has 10 aromatic rings. The lowest BCUT2D eigenvalue weighted by Gasteiger charge is -2.22. The van der Waals surface area contributed by atoms with Gasteiger partial charge >= 0.3 is 0 Å². The number of aromatic nitrogens is 4. The van der Waals surface area contributed by atoms with E-state index in [-0.39, 0.29) is 0 Å². The third kappa shape index (κ3) is 6.88. The van der Waals surface area contributed by atoms with E-state index in [1.807, 2.05) is 109 Å². The van der Waals surface area contributed by atoms with Crippen molar-refractivity contribution >= 4 is 44.7 Å². The molecule has 0 N–H and O–H groups in total. The van der Waals surface area contributed by atoms with E-state index in [1.54, 1.807) is 28.4 Å². The predicted octanol–water partition coefficient (Wildman–Crippen LogP) is 14.0. The van der Waals surface area contributed by atoms with E-state index in [0.29, 0.717) is 67.5 Å². The minimum absolute atomic E-state index is 0.537. The number of nitrogens with zero attached hydrogens (tertiary/aromatic N) is 4. The Hall–Kier alpha value is -7.52. The maximum atomic E-state index is 7.20. The number of benzene rings is 8. The molecule has 314 valence electrons. The number of imidazole rings is 2. The van der Waals surface area contributed by atoms with Gasteiger partial charge in [0.25, 0.3) is 0 Å². The molecule has 0 unspecified atom stereocenters. The second-order valence-corrected chi connectivity index (χ2v) is 15.9. The second-order valence-electron chi connectivity index (χ2n) is 15.0. The van der Waals surface area contributed by atoms with E-state index >= 15 is 0 Å². The third-order valence-electron chi connectivity index (χ3n) is 11.5. The standard InChI is InChI=1S/C54H40Cl2N4O4/c1-61-45-29-27-35(31-47(45)63-3)51-49(41-21-9-11-25-43(41)55)57-53(39-23-13-17-33-15-5-7-19-37(33)39)59(51)60-52(36-28-30-46(62-2)48(32-36)64-4)50(42-22-10-12-26-44(42)56)58-54(60)40-24-14-18-34-16-6-8-20-38(34)40/h5-32H,1-4H3. The molecule has 0 aliphatic carbocycles. The molecule has 2 aromatic heterocycles. The van der Waals surface area contributed by atoms with E-state index in [2.05, 4.69) is 70.0 Å². The van der Waals surface area contributed by atoms with E-state index in [0.717, 1.165) is 54.9 Å². The van der Waals surface area contributed by atoms with Crippen LogP contribution in [0.2, 0.25) is 10.0 Å². The Morgan fingerprint density at radius 2 is 0.734 bits per heavy atom. The first-order valence-electron chi connectivity index (χ1n) is 20.6. The summed E-state index contributed by atoms with van der Waals surface area (Å²) in [6.07, 6.45) is 0. The largest absolute Gasteiger partial charge is 0.493 e. The van der Waals surface area contributed by atoms with E-state index in [1.165, 1.54) is 0 Å². The fourth-order valence-corrected chi connectivity index (χ4v) is 9.02. The lowest BCUT2D eigenvalue weighted by molar-refractivity contribution is 0.355. The van der Waals surface area contributed by atoms with Crippen molar-refractivity contribution in [2.24, 2.45) is 0 Å². The summed E-state index contributed by atoms with van der Waals surface area (Å²) in [7, 11) is 6.52. The number of hydrogen-bond acceptors (Lipinski definition) is 6. The van der Waals surface area contributed by atoms with Crippen molar-refractivity contribution in [2.45, 2.75) is 0 Å². The lowest BCUT2D eigenvalue weighted by Crippen LogP contribution is -2.16. The predicted molar refractivity (Wildman–Crippen MR) is 259 cm³/mol. The average Bonchev–Trinajstić information content (AvgIpc) is 3.92. The first-order chi connectivity index (χ1) is 31.4. The summed E-state index contributed by atoms with van der Waals surface area (Å²) < 4.78 is 27.8. The van der Waals surface area contributed by atoms with Crippen LogP contribution in [-0.4, -0.2) is 47.8 Å². The van der Waals surface area contributed by atoms with Crippen LogP contribution in [-0.2, 0) is 0 Å². The first-order valence-corrected chi connectivity index (χ1v) is 21.3. The van der Waals surface area contributed by atoms with Crippen LogP contribution in [0.3, 0.4) is 0 Å². The fourth-order valence-electron chi connectivity index (χ4n) is 8.57. The maximum Gasteiger partial charge on any atom is 0.161 e. The highest BCUT2D eigenvalue weighted by Crippen LogP contribution is 2.48. The van der Waals surface area contributed by atoms with Gasteiger partial charge in [-0.15, -0.1) is 0 Å². The van der Waals surface area contributed by atoms with Crippen molar-refractivity contribution in [3.05, 3.63) is 180 Å². The summed E-state index contributed by atoms with van der Waals surface area (Å²) in [6.45, 7) is 0. The van der Waals surface area contributed by atoms with Crippen LogP contribution in [0.15, 0.2) is 170 Å². The Bertz CT molecular complexity index is 3160. The van der Waals surface area contributed by atoms with Crippen LogP contribution < -0.4 is 18.9 Å². The molecular weight excluding hydrogens is 840 g/mol. The van der Waals surface area contributed by atoms with Crippen LogP contribution in [0.5, 0.6) is 23.0 Å². The lowest BCUT2D eigenvalue weighted by atomic mass is 10.0. The van der Waals surface area contributed by atoms with E-state index in [4.69, 9.17) is 52.1 Å². The highest BCUT2D eigenvalue weighted by atomic mass is 35.5. The van der Waals surface area contributed by atoms with Gasteiger partial charge in [0.15, 0.2) is 34.6 Å². The van der Waals surface area contributed by atoms with Crippen LogP contribution in [0.4, 0.5) is 0 Å². The number of ether oxygens (including phenoxy) is 4.